The lowest BCUT2D eigenvalue weighted by Crippen LogP contribution is -2.11. The molecular formula is C19H14N2O2S. The van der Waals surface area contributed by atoms with Crippen molar-refractivity contribution >= 4 is 33.1 Å². The number of hydrogen-bond acceptors (Lipinski definition) is 4. The van der Waals surface area contributed by atoms with Crippen LogP contribution < -0.4 is 5.32 Å². The first-order chi connectivity index (χ1) is 11.7. The molecule has 4 rings (SSSR count). The van der Waals surface area contributed by atoms with Gasteiger partial charge >= 0.3 is 0 Å². The Labute approximate surface area is 142 Å². The fourth-order valence-electron chi connectivity index (χ4n) is 2.51. The van der Waals surface area contributed by atoms with E-state index in [0.717, 1.165) is 26.5 Å². The van der Waals surface area contributed by atoms with Crippen LogP contribution in [-0.2, 0) is 0 Å². The van der Waals surface area contributed by atoms with Crippen molar-refractivity contribution in [2.45, 2.75) is 6.92 Å². The summed E-state index contributed by atoms with van der Waals surface area (Å²) in [5.41, 5.74) is 2.58. The summed E-state index contributed by atoms with van der Waals surface area (Å²) in [5, 5.41) is 3.79. The number of rotatable bonds is 3. The Morgan fingerprint density at radius 3 is 2.62 bits per heavy atom. The fourth-order valence-corrected chi connectivity index (χ4v) is 3.51. The van der Waals surface area contributed by atoms with Gasteiger partial charge in [-0.05, 0) is 43.3 Å². The van der Waals surface area contributed by atoms with Crippen LogP contribution in [0.1, 0.15) is 16.3 Å². The van der Waals surface area contributed by atoms with Gasteiger partial charge in [0.05, 0.1) is 15.9 Å². The molecule has 0 saturated heterocycles. The Morgan fingerprint density at radius 2 is 1.83 bits per heavy atom. The molecule has 0 saturated carbocycles. The lowest BCUT2D eigenvalue weighted by atomic mass is 10.2. The standard InChI is InChI=1S/C19H14N2O2S/c1-12-10-11-16(23-12)18(22)20-14-7-3-2-6-13(14)19-21-15-8-4-5-9-17(15)24-19/h2-11H,1H3,(H,20,22). The van der Waals surface area contributed by atoms with Crippen molar-refractivity contribution in [2.75, 3.05) is 5.32 Å². The number of thiazole rings is 1. The highest BCUT2D eigenvalue weighted by Gasteiger charge is 2.15. The molecule has 1 N–H and O–H groups in total. The van der Waals surface area contributed by atoms with Crippen molar-refractivity contribution < 1.29 is 9.21 Å². The molecule has 0 atom stereocenters. The van der Waals surface area contributed by atoms with Crippen molar-refractivity contribution in [3.63, 3.8) is 0 Å². The van der Waals surface area contributed by atoms with E-state index in [1.54, 1.807) is 23.5 Å². The highest BCUT2D eigenvalue weighted by molar-refractivity contribution is 7.21. The van der Waals surface area contributed by atoms with Crippen molar-refractivity contribution in [1.82, 2.24) is 4.98 Å². The number of carbonyl (C=O) groups excluding carboxylic acids is 1. The summed E-state index contributed by atoms with van der Waals surface area (Å²) in [6.45, 7) is 1.81. The normalized spacial score (nSPS) is 10.9. The van der Waals surface area contributed by atoms with Gasteiger partial charge in [-0.2, -0.15) is 0 Å². The average Bonchev–Trinajstić information content (AvgIpc) is 3.21. The zero-order chi connectivity index (χ0) is 16.5. The molecule has 4 aromatic rings. The Balaban J connectivity index is 1.71. The number of fused-ring (bicyclic) bond motifs is 1. The van der Waals surface area contributed by atoms with Crippen LogP contribution in [0, 0.1) is 6.92 Å². The Morgan fingerprint density at radius 1 is 1.04 bits per heavy atom. The van der Waals surface area contributed by atoms with Crippen molar-refractivity contribution in [3.8, 4) is 10.6 Å². The number of para-hydroxylation sites is 2. The smallest absolute Gasteiger partial charge is 0.291 e. The van der Waals surface area contributed by atoms with Crippen LogP contribution in [0.5, 0.6) is 0 Å². The number of nitrogens with zero attached hydrogens (tertiary/aromatic N) is 1. The first kappa shape index (κ1) is 14.7. The molecule has 0 aliphatic carbocycles. The third kappa shape index (κ3) is 2.70. The summed E-state index contributed by atoms with van der Waals surface area (Å²) >= 11 is 1.61. The van der Waals surface area contributed by atoms with Gasteiger partial charge in [0, 0.05) is 5.56 Å². The molecule has 2 aromatic heterocycles. The van der Waals surface area contributed by atoms with E-state index in [-0.39, 0.29) is 5.91 Å². The number of benzene rings is 2. The van der Waals surface area contributed by atoms with Gasteiger partial charge in [-0.15, -0.1) is 11.3 Å². The molecule has 0 bridgehead atoms. The molecule has 0 fully saturated rings. The summed E-state index contributed by atoms with van der Waals surface area (Å²) < 4.78 is 6.51. The third-order valence-corrected chi connectivity index (χ3v) is 4.73. The second kappa shape index (κ2) is 5.94. The van der Waals surface area contributed by atoms with Gasteiger partial charge in [0.15, 0.2) is 5.76 Å². The highest BCUT2D eigenvalue weighted by atomic mass is 32.1. The molecule has 118 valence electrons. The predicted molar refractivity (Wildman–Crippen MR) is 96.5 cm³/mol. The number of aryl methyl sites for hydroxylation is 1. The molecule has 0 unspecified atom stereocenters. The highest BCUT2D eigenvalue weighted by Crippen LogP contribution is 2.34. The van der Waals surface area contributed by atoms with Gasteiger partial charge in [0.1, 0.15) is 10.8 Å². The van der Waals surface area contributed by atoms with Crippen LogP contribution in [0.2, 0.25) is 0 Å². The number of hydrogen-bond donors (Lipinski definition) is 1. The van der Waals surface area contributed by atoms with Gasteiger partial charge in [-0.1, -0.05) is 24.3 Å². The van der Waals surface area contributed by atoms with Crippen molar-refractivity contribution in [3.05, 3.63) is 72.2 Å². The van der Waals surface area contributed by atoms with Crippen molar-refractivity contribution in [2.24, 2.45) is 0 Å². The molecule has 5 heteroatoms. The Hall–Kier alpha value is -2.92. The quantitative estimate of drug-likeness (QED) is 0.566. The monoisotopic (exact) mass is 334 g/mol. The van der Waals surface area contributed by atoms with Gasteiger partial charge in [0.2, 0.25) is 0 Å². The number of aromatic nitrogens is 1. The minimum Gasteiger partial charge on any atom is -0.456 e. The van der Waals surface area contributed by atoms with Crippen LogP contribution in [0.15, 0.2) is 65.1 Å². The van der Waals surface area contributed by atoms with E-state index >= 15 is 0 Å². The number of furan rings is 1. The first-order valence-corrected chi connectivity index (χ1v) is 8.35. The predicted octanol–water partition coefficient (Wildman–Crippen LogP) is 5.12. The van der Waals surface area contributed by atoms with E-state index in [4.69, 9.17) is 4.42 Å². The SMILES string of the molecule is Cc1ccc(C(=O)Nc2ccccc2-c2nc3ccccc3s2)o1. The van der Waals surface area contributed by atoms with Crippen LogP contribution >= 0.6 is 11.3 Å². The second-order valence-corrected chi connectivity index (χ2v) is 6.43. The lowest BCUT2D eigenvalue weighted by molar-refractivity contribution is 0.0995. The molecule has 0 aliphatic heterocycles. The summed E-state index contributed by atoms with van der Waals surface area (Å²) in [4.78, 5) is 17.0. The average molecular weight is 334 g/mol. The largest absolute Gasteiger partial charge is 0.456 e. The molecule has 0 spiro atoms. The Kier molecular flexibility index (Phi) is 3.63. The van der Waals surface area contributed by atoms with E-state index in [2.05, 4.69) is 10.3 Å². The van der Waals surface area contributed by atoms with E-state index < -0.39 is 0 Å². The minimum absolute atomic E-state index is 0.267. The molecule has 1 amide bonds. The van der Waals surface area contributed by atoms with Gasteiger partial charge in [-0.25, -0.2) is 4.98 Å². The summed E-state index contributed by atoms with van der Waals surface area (Å²) in [5.74, 6) is 0.739. The number of nitrogens with one attached hydrogen (secondary N) is 1. The molecule has 4 nitrogen and oxygen atoms in total. The van der Waals surface area contributed by atoms with Crippen LogP contribution in [0.25, 0.3) is 20.8 Å². The number of amides is 1. The first-order valence-electron chi connectivity index (χ1n) is 7.53. The maximum atomic E-state index is 12.4. The van der Waals surface area contributed by atoms with E-state index in [1.165, 1.54) is 0 Å². The van der Waals surface area contributed by atoms with Crippen molar-refractivity contribution in [1.29, 1.82) is 0 Å². The third-order valence-electron chi connectivity index (χ3n) is 3.66. The molecule has 0 radical (unpaired) electrons. The molecule has 2 heterocycles. The van der Waals surface area contributed by atoms with E-state index in [9.17, 15) is 4.79 Å². The maximum absolute atomic E-state index is 12.4. The maximum Gasteiger partial charge on any atom is 0.291 e. The van der Waals surface area contributed by atoms with E-state index in [0.29, 0.717) is 11.5 Å². The lowest BCUT2D eigenvalue weighted by Gasteiger charge is -2.08. The van der Waals surface area contributed by atoms with Crippen LogP contribution in [0.3, 0.4) is 0 Å². The van der Waals surface area contributed by atoms with Gasteiger partial charge < -0.3 is 9.73 Å². The zero-order valence-electron chi connectivity index (χ0n) is 12.9. The van der Waals surface area contributed by atoms with E-state index in [1.807, 2.05) is 55.5 Å². The number of anilines is 1. The van der Waals surface area contributed by atoms with Crippen LogP contribution in [-0.4, -0.2) is 10.9 Å². The summed E-state index contributed by atoms with van der Waals surface area (Å²) in [6, 6.07) is 19.1. The summed E-state index contributed by atoms with van der Waals surface area (Å²) in [7, 11) is 0. The second-order valence-electron chi connectivity index (χ2n) is 5.40. The topological polar surface area (TPSA) is 55.1 Å². The number of carbonyl (C=O) groups is 1. The zero-order valence-corrected chi connectivity index (χ0v) is 13.8. The molecule has 24 heavy (non-hydrogen) atoms. The molecule has 0 aliphatic rings. The summed E-state index contributed by atoms with van der Waals surface area (Å²) in [6.07, 6.45) is 0. The van der Waals surface area contributed by atoms with Crippen LogP contribution in [0.4, 0.5) is 5.69 Å². The fraction of sp³-hybridized carbons (Fsp3) is 0.0526. The minimum atomic E-state index is -0.267. The van der Waals surface area contributed by atoms with Gasteiger partial charge in [-0.3, -0.25) is 4.79 Å². The van der Waals surface area contributed by atoms with Gasteiger partial charge in [0.25, 0.3) is 5.91 Å². The molecular weight excluding hydrogens is 320 g/mol. The Bertz CT molecular complexity index is 999. The molecule has 2 aromatic carbocycles.